The first kappa shape index (κ1) is 15.8. The van der Waals surface area contributed by atoms with Crippen LogP contribution >= 0.6 is 0 Å². The molecule has 0 fully saturated rings. The number of nitrogens with one attached hydrogen (secondary N) is 1. The average molecular weight is 305 g/mol. The summed E-state index contributed by atoms with van der Waals surface area (Å²) in [6.07, 6.45) is 2.24. The molecule has 0 radical (unpaired) electrons. The number of unbranched alkanes of at least 4 members (excludes halogenated alkanes) is 1. The zero-order valence-corrected chi connectivity index (χ0v) is 12.6. The molecular weight excluding hydrogens is 286 g/mol. The van der Waals surface area contributed by atoms with Crippen molar-refractivity contribution in [3.63, 3.8) is 0 Å². The molecule has 2 N–H and O–H groups in total. The van der Waals surface area contributed by atoms with Gasteiger partial charge >= 0.3 is 12.0 Å². The van der Waals surface area contributed by atoms with Gasteiger partial charge in [-0.1, -0.05) is 24.9 Å². The molecule has 22 heavy (non-hydrogen) atoms. The van der Waals surface area contributed by atoms with E-state index in [-0.39, 0.29) is 6.01 Å². The third-order valence-corrected chi connectivity index (χ3v) is 3.22. The number of ether oxygens (including phenoxy) is 1. The van der Waals surface area contributed by atoms with Crippen molar-refractivity contribution in [1.29, 1.82) is 0 Å². The summed E-state index contributed by atoms with van der Waals surface area (Å²) in [7, 11) is 1.59. The molecule has 0 saturated carbocycles. The van der Waals surface area contributed by atoms with Crippen molar-refractivity contribution < 1.29 is 19.2 Å². The minimum Gasteiger partial charge on any atom is -0.497 e. The Balaban J connectivity index is 2.07. The molecule has 0 bridgehead atoms. The highest BCUT2D eigenvalue weighted by molar-refractivity contribution is 5.76. The van der Waals surface area contributed by atoms with Crippen molar-refractivity contribution in [2.45, 2.75) is 32.2 Å². The van der Waals surface area contributed by atoms with Crippen LogP contribution in [0.4, 0.5) is 6.01 Å². The highest BCUT2D eigenvalue weighted by Gasteiger charge is 2.19. The lowest BCUT2D eigenvalue weighted by Gasteiger charge is -2.11. The number of carboxylic acids is 1. The van der Waals surface area contributed by atoms with Gasteiger partial charge in [0.05, 0.1) is 7.11 Å². The lowest BCUT2D eigenvalue weighted by atomic mass is 10.1. The van der Waals surface area contributed by atoms with E-state index in [1.54, 1.807) is 31.4 Å². The van der Waals surface area contributed by atoms with Crippen molar-refractivity contribution in [3.8, 4) is 17.1 Å². The molecule has 0 aliphatic rings. The minimum absolute atomic E-state index is 0.106. The van der Waals surface area contributed by atoms with E-state index in [1.807, 2.05) is 6.92 Å². The molecular formula is C15H19N3O4. The first-order valence-corrected chi connectivity index (χ1v) is 7.11. The van der Waals surface area contributed by atoms with E-state index in [2.05, 4.69) is 15.5 Å². The SMILES string of the molecule is CCCC[C@H](Nc1nc(-c2ccc(OC)cc2)no1)C(=O)O. The highest BCUT2D eigenvalue weighted by Crippen LogP contribution is 2.21. The van der Waals surface area contributed by atoms with E-state index in [4.69, 9.17) is 9.26 Å². The number of hydrogen-bond acceptors (Lipinski definition) is 6. The number of carboxylic acid groups (broad SMARTS) is 1. The fourth-order valence-electron chi connectivity index (χ4n) is 1.95. The van der Waals surface area contributed by atoms with Crippen LogP contribution in [0.2, 0.25) is 0 Å². The summed E-state index contributed by atoms with van der Waals surface area (Å²) in [4.78, 5) is 15.4. The molecule has 1 atom stereocenters. The normalized spacial score (nSPS) is 11.9. The van der Waals surface area contributed by atoms with E-state index in [9.17, 15) is 9.90 Å². The van der Waals surface area contributed by atoms with Gasteiger partial charge in [0.25, 0.3) is 0 Å². The average Bonchev–Trinajstić information content (AvgIpc) is 3.00. The van der Waals surface area contributed by atoms with E-state index in [0.717, 1.165) is 24.2 Å². The van der Waals surface area contributed by atoms with E-state index in [1.165, 1.54) is 0 Å². The van der Waals surface area contributed by atoms with Gasteiger partial charge in [-0.05, 0) is 30.7 Å². The topological polar surface area (TPSA) is 97.5 Å². The zero-order chi connectivity index (χ0) is 15.9. The third kappa shape index (κ3) is 3.97. The van der Waals surface area contributed by atoms with Crippen LogP contribution in [0.25, 0.3) is 11.4 Å². The van der Waals surface area contributed by atoms with Crippen molar-refractivity contribution in [3.05, 3.63) is 24.3 Å². The number of aromatic nitrogens is 2. The monoisotopic (exact) mass is 305 g/mol. The number of aliphatic carboxylic acids is 1. The smallest absolute Gasteiger partial charge is 0.326 e. The highest BCUT2D eigenvalue weighted by atomic mass is 16.5. The molecule has 2 aromatic rings. The van der Waals surface area contributed by atoms with Crippen LogP contribution < -0.4 is 10.1 Å². The number of hydrogen-bond donors (Lipinski definition) is 2. The largest absolute Gasteiger partial charge is 0.497 e. The van der Waals surface area contributed by atoms with Gasteiger partial charge in [-0.25, -0.2) is 4.79 Å². The molecule has 1 heterocycles. The van der Waals surface area contributed by atoms with Gasteiger partial charge < -0.3 is 19.7 Å². The Kier molecular flexibility index (Phi) is 5.35. The Labute approximate surface area is 128 Å². The summed E-state index contributed by atoms with van der Waals surface area (Å²) in [6, 6.07) is 6.57. The summed E-state index contributed by atoms with van der Waals surface area (Å²) >= 11 is 0. The van der Waals surface area contributed by atoms with Gasteiger partial charge in [-0.15, -0.1) is 0 Å². The maximum absolute atomic E-state index is 11.2. The molecule has 7 nitrogen and oxygen atoms in total. The van der Waals surface area contributed by atoms with E-state index < -0.39 is 12.0 Å². The lowest BCUT2D eigenvalue weighted by molar-refractivity contribution is -0.138. The quantitative estimate of drug-likeness (QED) is 0.773. The van der Waals surface area contributed by atoms with Crippen molar-refractivity contribution in [1.82, 2.24) is 10.1 Å². The Hall–Kier alpha value is -2.57. The summed E-state index contributed by atoms with van der Waals surface area (Å²) in [6.45, 7) is 2.01. The van der Waals surface area contributed by atoms with Crippen LogP contribution in [-0.4, -0.2) is 34.4 Å². The van der Waals surface area contributed by atoms with Crippen LogP contribution in [0.1, 0.15) is 26.2 Å². The second-order valence-corrected chi connectivity index (χ2v) is 4.83. The third-order valence-electron chi connectivity index (χ3n) is 3.22. The Morgan fingerprint density at radius 3 is 2.73 bits per heavy atom. The number of benzene rings is 1. The van der Waals surface area contributed by atoms with Crippen molar-refractivity contribution in [2.24, 2.45) is 0 Å². The molecule has 0 amide bonds. The van der Waals surface area contributed by atoms with Crippen LogP contribution in [0.3, 0.4) is 0 Å². The standard InChI is InChI=1S/C15H19N3O4/c1-3-4-5-12(14(19)20)16-15-17-13(18-22-15)10-6-8-11(21-2)9-7-10/h6-9,12H,3-5H2,1-2H3,(H,19,20)(H,16,17,18)/t12-/m0/s1. The van der Waals surface area contributed by atoms with E-state index in [0.29, 0.717) is 12.2 Å². The Morgan fingerprint density at radius 1 is 1.41 bits per heavy atom. The lowest BCUT2D eigenvalue weighted by Crippen LogP contribution is -2.29. The first-order chi connectivity index (χ1) is 10.6. The molecule has 7 heteroatoms. The molecule has 0 spiro atoms. The minimum atomic E-state index is -0.933. The predicted molar refractivity (Wildman–Crippen MR) is 80.9 cm³/mol. The summed E-state index contributed by atoms with van der Waals surface area (Å²) in [5.41, 5.74) is 0.762. The van der Waals surface area contributed by atoms with Crippen LogP contribution in [0, 0.1) is 0 Å². The second kappa shape index (κ2) is 7.44. The maximum Gasteiger partial charge on any atom is 0.326 e. The Morgan fingerprint density at radius 2 is 2.14 bits per heavy atom. The fraction of sp³-hybridized carbons (Fsp3) is 0.400. The first-order valence-electron chi connectivity index (χ1n) is 7.11. The second-order valence-electron chi connectivity index (χ2n) is 4.83. The molecule has 2 rings (SSSR count). The molecule has 0 saturated heterocycles. The van der Waals surface area contributed by atoms with Crippen LogP contribution in [-0.2, 0) is 4.79 Å². The summed E-state index contributed by atoms with van der Waals surface area (Å²) in [5, 5.41) is 15.8. The van der Waals surface area contributed by atoms with Gasteiger partial charge in [0.15, 0.2) is 0 Å². The number of carbonyl (C=O) groups is 1. The number of nitrogens with zero attached hydrogens (tertiary/aromatic N) is 2. The van der Waals surface area contributed by atoms with E-state index >= 15 is 0 Å². The molecule has 0 aliphatic carbocycles. The summed E-state index contributed by atoms with van der Waals surface area (Å²) in [5.74, 6) is 0.193. The molecule has 118 valence electrons. The van der Waals surface area contributed by atoms with Gasteiger partial charge in [-0.3, -0.25) is 0 Å². The van der Waals surface area contributed by atoms with Crippen molar-refractivity contribution >= 4 is 12.0 Å². The molecule has 1 aromatic carbocycles. The Bertz CT molecular complexity index is 610. The van der Waals surface area contributed by atoms with Crippen LogP contribution in [0.5, 0.6) is 5.75 Å². The molecule has 0 aliphatic heterocycles. The maximum atomic E-state index is 11.2. The molecule has 1 aromatic heterocycles. The van der Waals surface area contributed by atoms with Gasteiger partial charge in [-0.2, -0.15) is 4.98 Å². The zero-order valence-electron chi connectivity index (χ0n) is 12.6. The number of rotatable bonds is 8. The van der Waals surface area contributed by atoms with Crippen LogP contribution in [0.15, 0.2) is 28.8 Å². The van der Waals surface area contributed by atoms with Gasteiger partial charge in [0.2, 0.25) is 5.82 Å². The predicted octanol–water partition coefficient (Wildman–Crippen LogP) is 2.80. The van der Waals surface area contributed by atoms with Crippen molar-refractivity contribution in [2.75, 3.05) is 12.4 Å². The van der Waals surface area contributed by atoms with Gasteiger partial charge in [0, 0.05) is 5.56 Å². The van der Waals surface area contributed by atoms with Gasteiger partial charge in [0.1, 0.15) is 11.8 Å². The summed E-state index contributed by atoms with van der Waals surface area (Å²) < 4.78 is 10.2. The molecule has 0 unspecified atom stereocenters. The fourth-order valence-corrected chi connectivity index (χ4v) is 1.95. The number of methoxy groups -OCH3 is 1. The number of anilines is 1.